The fourth-order valence-corrected chi connectivity index (χ4v) is 11.8. The van der Waals surface area contributed by atoms with Gasteiger partial charge in [0, 0.05) is 32.7 Å². The van der Waals surface area contributed by atoms with E-state index in [9.17, 15) is 13.7 Å². The highest BCUT2D eigenvalue weighted by Gasteiger charge is 2.41. The normalized spacial score (nSPS) is 17.1. The lowest BCUT2D eigenvalue weighted by molar-refractivity contribution is 0.950. The molecule has 12 rings (SSSR count). The van der Waals surface area contributed by atoms with E-state index >= 15 is 0 Å². The highest BCUT2D eigenvalue weighted by Crippen LogP contribution is 2.39. The Kier molecular flexibility index (Phi) is 4.70. The molecule has 12 aromatic rings. The number of hydrogen-bond donors (Lipinski definition) is 0. The maximum absolute atomic E-state index is 10.2. The molecule has 9 aromatic carbocycles. The highest BCUT2D eigenvalue weighted by atomic mass is 28.3. The first kappa shape index (κ1) is 19.7. The number of fused-ring (bicyclic) bond motifs is 6. The third kappa shape index (κ3) is 5.87. The van der Waals surface area contributed by atoms with Crippen molar-refractivity contribution in [3.8, 4) is 34.4 Å². The summed E-state index contributed by atoms with van der Waals surface area (Å²) in [6.45, 7) is 0. The Morgan fingerprint density at radius 3 is 1.25 bits per heavy atom. The molecule has 0 aliphatic heterocycles. The molecule has 0 spiro atoms. The Bertz CT molecular complexity index is 4720. The second kappa shape index (κ2) is 15.1. The van der Waals surface area contributed by atoms with Crippen molar-refractivity contribution in [2.45, 2.75) is 0 Å². The van der Waals surface area contributed by atoms with Gasteiger partial charge in [-0.15, -0.1) is 0 Å². The fraction of sp³-hybridized carbons (Fsp3) is 0. The van der Waals surface area contributed by atoms with E-state index in [1.54, 1.807) is 22.8 Å². The number of aromatic nitrogens is 5. The molecule has 0 saturated carbocycles. The van der Waals surface area contributed by atoms with Crippen LogP contribution in [-0.2, 0) is 0 Å². The van der Waals surface area contributed by atoms with Gasteiger partial charge in [0.15, 0.2) is 19.7 Å². The van der Waals surface area contributed by atoms with Crippen LogP contribution in [-0.4, -0.2) is 32.2 Å². The number of benzene rings is 9. The van der Waals surface area contributed by atoms with Crippen LogP contribution in [0.3, 0.4) is 0 Å². The predicted octanol–water partition coefficient (Wildman–Crippen LogP) is 10.8. The highest BCUT2D eigenvalue weighted by molar-refractivity contribution is 7.19. The molecule has 5 nitrogen and oxygen atoms in total. The molecule has 0 N–H and O–H groups in total. The van der Waals surface area contributed by atoms with E-state index in [0.717, 1.165) is 21.8 Å². The number of hydrogen-bond acceptors (Lipinski definition) is 3. The van der Waals surface area contributed by atoms with Crippen molar-refractivity contribution in [2.24, 2.45) is 0 Å². The van der Waals surface area contributed by atoms with Gasteiger partial charge in [0.05, 0.1) is 60.7 Å². The lowest BCUT2D eigenvalue weighted by Crippen LogP contribution is -2.74. The average Bonchev–Trinajstić information content (AvgIpc) is 1.26. The molecule has 3 heterocycles. The van der Waals surface area contributed by atoms with E-state index in [4.69, 9.17) is 29.2 Å². The van der Waals surface area contributed by atoms with Crippen molar-refractivity contribution < 1.29 is 32.9 Å². The molecular formula is C57H39N5Si. The summed E-state index contributed by atoms with van der Waals surface area (Å²) in [4.78, 5) is 14.3. The van der Waals surface area contributed by atoms with Gasteiger partial charge in [0.25, 0.3) is 0 Å². The first-order valence-electron chi connectivity index (χ1n) is 31.4. The average molecular weight is 846 g/mol. The largest absolute Gasteiger partial charge is 0.307 e. The maximum atomic E-state index is 10.2. The minimum Gasteiger partial charge on any atom is -0.307 e. The fourth-order valence-electron chi connectivity index (χ4n) is 8.30. The van der Waals surface area contributed by atoms with Gasteiger partial charge in [-0.3, -0.25) is 4.57 Å². The molecule has 0 radical (unpaired) electrons. The van der Waals surface area contributed by atoms with Crippen molar-refractivity contribution >= 4 is 72.4 Å². The summed E-state index contributed by atoms with van der Waals surface area (Å²) in [6, 6.07) is 2.23. The van der Waals surface area contributed by atoms with Crippen molar-refractivity contribution in [3.63, 3.8) is 0 Å². The van der Waals surface area contributed by atoms with Gasteiger partial charge in [0.2, 0.25) is 5.95 Å². The first-order chi connectivity index (χ1) is 41.2. The second-order valence-electron chi connectivity index (χ2n) is 14.2. The van der Waals surface area contributed by atoms with E-state index in [0.29, 0.717) is 27.5 Å². The van der Waals surface area contributed by atoms with Crippen LogP contribution in [0.1, 0.15) is 32.9 Å². The van der Waals surface area contributed by atoms with E-state index in [1.807, 2.05) is 77.4 Å². The summed E-state index contributed by atoms with van der Waals surface area (Å²) in [6.07, 6.45) is 0. The standard InChI is InChI=1S/C57H39N5Si/c1-5-20-40(21-6-1)55-58-56(41-36-38-45(39-37-41)63(42-22-7-2-8-23-42,43-24-9-3-10-25-43)44-26-11-4-12-27-44)60-57(59-55)62-52-34-18-15-30-48(52)49-31-19-35-53(54(49)62)61-50-32-16-13-28-46(50)47-29-14-17-33-51(47)61/h1-39H/i1D,2D,3D,4D,5D,6D,7D,8D,9D,10D,11D,12D,20D,21D,22D,23D,24D,25D,26D,27D,36D,37D,38D,39D. The third-order valence-corrected chi connectivity index (χ3v) is 14.9. The Morgan fingerprint density at radius 2 is 0.746 bits per heavy atom. The Balaban J connectivity index is 1.28. The number of para-hydroxylation sites is 4. The zero-order chi connectivity index (χ0) is 62.6. The number of rotatable bonds is 8. The van der Waals surface area contributed by atoms with Crippen LogP contribution in [0, 0.1) is 0 Å². The molecule has 296 valence electrons. The lowest BCUT2D eigenvalue weighted by atomic mass is 10.1. The van der Waals surface area contributed by atoms with E-state index in [2.05, 4.69) is 4.98 Å². The second-order valence-corrected chi connectivity index (χ2v) is 17.7. The van der Waals surface area contributed by atoms with Crippen LogP contribution in [0.15, 0.2) is 236 Å². The lowest BCUT2D eigenvalue weighted by Gasteiger charge is -2.34. The maximum Gasteiger partial charge on any atom is 0.238 e. The van der Waals surface area contributed by atoms with E-state index < -0.39 is 197 Å². The summed E-state index contributed by atoms with van der Waals surface area (Å²) >= 11 is 0. The summed E-state index contributed by atoms with van der Waals surface area (Å²) in [5.74, 6) is -1.73. The Hall–Kier alpha value is -8.19. The third-order valence-electron chi connectivity index (χ3n) is 10.9. The van der Waals surface area contributed by atoms with Gasteiger partial charge in [-0.25, -0.2) is 4.98 Å². The van der Waals surface area contributed by atoms with Crippen LogP contribution in [0.2, 0.25) is 0 Å². The van der Waals surface area contributed by atoms with Gasteiger partial charge >= 0.3 is 0 Å². The van der Waals surface area contributed by atoms with Crippen molar-refractivity contribution in [1.29, 1.82) is 0 Å². The SMILES string of the molecule is [2H]c1c([2H])c([2H])c(-c2nc(-c3c([2H])c([2H])c([Si](c4c([2H])c([2H])c([2H])c([2H])c4[2H])(c4c([2H])c([2H])c([2H])c([2H])c4[2H])c4c([2H])c([2H])c([2H])c([2H])c4[2H])c([2H])c3[2H])nc(-n3c4ccccc4c4cccc(-n5c6ccccc6c6ccccc65)c43)n2)c([2H])c1[2H]. The molecule has 3 aromatic heterocycles. The van der Waals surface area contributed by atoms with Crippen LogP contribution in [0.25, 0.3) is 78.0 Å². The molecular weight excluding hydrogens is 783 g/mol. The Morgan fingerprint density at radius 1 is 0.349 bits per heavy atom. The van der Waals surface area contributed by atoms with E-state index in [1.165, 1.54) is 0 Å². The minimum atomic E-state index is -6.26. The van der Waals surface area contributed by atoms with Gasteiger partial charge < -0.3 is 4.57 Å². The molecule has 6 heteroatoms. The van der Waals surface area contributed by atoms with Crippen LogP contribution in [0.5, 0.6) is 0 Å². The molecule has 0 saturated heterocycles. The molecule has 0 bridgehead atoms. The molecule has 63 heavy (non-hydrogen) atoms. The monoisotopic (exact) mass is 845 g/mol. The molecule has 0 aliphatic rings. The minimum absolute atomic E-state index is 0.358. The smallest absolute Gasteiger partial charge is 0.238 e. The van der Waals surface area contributed by atoms with Gasteiger partial charge in [-0.1, -0.05) is 212 Å². The molecule has 0 aliphatic carbocycles. The summed E-state index contributed by atoms with van der Waals surface area (Å²) < 4.78 is 225. The van der Waals surface area contributed by atoms with Crippen molar-refractivity contribution in [1.82, 2.24) is 24.1 Å². The van der Waals surface area contributed by atoms with Crippen LogP contribution >= 0.6 is 0 Å². The number of nitrogens with zero attached hydrogens (tertiary/aromatic N) is 5. The van der Waals surface area contributed by atoms with E-state index in [-0.39, 0.29) is 5.95 Å². The van der Waals surface area contributed by atoms with Gasteiger partial charge in [0.1, 0.15) is 0 Å². The first-order valence-corrected chi connectivity index (χ1v) is 21.4. The predicted molar refractivity (Wildman–Crippen MR) is 263 cm³/mol. The summed E-state index contributed by atoms with van der Waals surface area (Å²) in [5, 5.41) is -1.18. The van der Waals surface area contributed by atoms with Crippen LogP contribution < -0.4 is 20.7 Å². The van der Waals surface area contributed by atoms with Crippen molar-refractivity contribution in [3.05, 3.63) is 236 Å². The summed E-state index contributed by atoms with van der Waals surface area (Å²) in [5.41, 5.74) is 1.62. The Labute approximate surface area is 399 Å². The van der Waals surface area contributed by atoms with Crippen LogP contribution in [0.4, 0.5) is 0 Å². The van der Waals surface area contributed by atoms with Crippen molar-refractivity contribution in [2.75, 3.05) is 0 Å². The van der Waals surface area contributed by atoms with Gasteiger partial charge in [-0.2, -0.15) is 9.97 Å². The molecule has 0 atom stereocenters. The molecule has 0 fully saturated rings. The van der Waals surface area contributed by atoms with Gasteiger partial charge in [-0.05, 0) is 45.0 Å². The quantitative estimate of drug-likeness (QED) is 0.113. The zero-order valence-electron chi connectivity index (χ0n) is 56.4. The summed E-state index contributed by atoms with van der Waals surface area (Å²) in [7, 11) is -6.26. The molecule has 0 unspecified atom stereocenters. The topological polar surface area (TPSA) is 48.5 Å². The molecule has 0 amide bonds. The zero-order valence-corrected chi connectivity index (χ0v) is 33.4.